The smallest absolute Gasteiger partial charge is 0.243 e. The van der Waals surface area contributed by atoms with Crippen molar-refractivity contribution in [3.63, 3.8) is 0 Å². The molecule has 0 spiro atoms. The molecule has 0 unspecified atom stereocenters. The third kappa shape index (κ3) is 6.29. The number of amides is 1. The van der Waals surface area contributed by atoms with Crippen LogP contribution in [0.2, 0.25) is 0 Å². The molecule has 0 bridgehead atoms. The number of carbonyl (C=O) groups excluding carboxylic acids is 1. The molecule has 7 heteroatoms. The van der Waals surface area contributed by atoms with Crippen molar-refractivity contribution in [3.05, 3.63) is 96.1 Å². The van der Waals surface area contributed by atoms with Gasteiger partial charge in [-0.25, -0.2) is 8.42 Å². The van der Waals surface area contributed by atoms with Crippen LogP contribution in [0.3, 0.4) is 0 Å². The number of nitrogens with zero attached hydrogens (tertiary/aromatic N) is 2. The summed E-state index contributed by atoms with van der Waals surface area (Å²) in [5, 5.41) is 0. The summed E-state index contributed by atoms with van der Waals surface area (Å²) in [7, 11) is -2.05. The molecule has 3 aromatic rings. The molecule has 6 nitrogen and oxygen atoms in total. The van der Waals surface area contributed by atoms with Crippen LogP contribution in [0.1, 0.15) is 24.0 Å². The second-order valence-electron chi connectivity index (χ2n) is 8.83. The summed E-state index contributed by atoms with van der Waals surface area (Å²) in [6.45, 7) is 1.85. The molecule has 1 fully saturated rings. The SMILES string of the molecule is COc1ccc(S(=O)(=O)N2CCC(C(=O)N(CCc3ccccc3)Cc3ccccc3)CC2)cc1. The Morgan fingerprint density at radius 2 is 1.46 bits per heavy atom. The molecular formula is C28H32N2O4S. The van der Waals surface area contributed by atoms with Crippen LogP contribution >= 0.6 is 0 Å². The van der Waals surface area contributed by atoms with Crippen LogP contribution in [0.5, 0.6) is 5.75 Å². The molecule has 0 aromatic heterocycles. The van der Waals surface area contributed by atoms with E-state index in [0.29, 0.717) is 44.8 Å². The van der Waals surface area contributed by atoms with Gasteiger partial charge in [0.15, 0.2) is 0 Å². The van der Waals surface area contributed by atoms with Crippen molar-refractivity contribution >= 4 is 15.9 Å². The van der Waals surface area contributed by atoms with Gasteiger partial charge in [0.1, 0.15) is 5.75 Å². The van der Waals surface area contributed by atoms with Crippen molar-refractivity contribution in [2.24, 2.45) is 5.92 Å². The van der Waals surface area contributed by atoms with Crippen LogP contribution in [-0.4, -0.2) is 50.3 Å². The van der Waals surface area contributed by atoms with Crippen LogP contribution in [0.15, 0.2) is 89.8 Å². The van der Waals surface area contributed by atoms with Gasteiger partial charge in [0, 0.05) is 32.1 Å². The standard InChI is InChI=1S/C28H32N2O4S/c1-34-26-12-14-27(15-13-26)35(32,33)30-20-17-25(18-21-30)28(31)29(22-24-10-6-3-7-11-24)19-16-23-8-4-2-5-9-23/h2-15,25H,16-22H2,1H3. The van der Waals surface area contributed by atoms with Gasteiger partial charge in [0.2, 0.25) is 15.9 Å². The Kier molecular flexibility index (Phi) is 8.21. The number of benzene rings is 3. The van der Waals surface area contributed by atoms with Crippen molar-refractivity contribution in [1.29, 1.82) is 0 Å². The van der Waals surface area contributed by atoms with E-state index in [2.05, 4.69) is 12.1 Å². The lowest BCUT2D eigenvalue weighted by atomic mass is 9.96. The van der Waals surface area contributed by atoms with E-state index in [-0.39, 0.29) is 16.7 Å². The summed E-state index contributed by atoms with van der Waals surface area (Å²) >= 11 is 0. The highest BCUT2D eigenvalue weighted by Crippen LogP contribution is 2.27. The maximum Gasteiger partial charge on any atom is 0.243 e. The van der Waals surface area contributed by atoms with Crippen LogP contribution in [-0.2, 0) is 27.8 Å². The quantitative estimate of drug-likeness (QED) is 0.445. The Hall–Kier alpha value is -3.16. The molecular weight excluding hydrogens is 460 g/mol. The fraction of sp³-hybridized carbons (Fsp3) is 0.321. The third-order valence-electron chi connectivity index (χ3n) is 6.54. The fourth-order valence-corrected chi connectivity index (χ4v) is 5.95. The average Bonchev–Trinajstić information content (AvgIpc) is 2.92. The molecule has 3 aromatic carbocycles. The van der Waals surface area contributed by atoms with Gasteiger partial charge in [0.25, 0.3) is 0 Å². The zero-order valence-corrected chi connectivity index (χ0v) is 20.9. The van der Waals surface area contributed by atoms with Crippen LogP contribution in [0.25, 0.3) is 0 Å². The van der Waals surface area contributed by atoms with E-state index < -0.39 is 10.0 Å². The molecule has 0 atom stereocenters. The number of piperidine rings is 1. The van der Waals surface area contributed by atoms with E-state index in [1.807, 2.05) is 53.4 Å². The van der Waals surface area contributed by atoms with E-state index in [9.17, 15) is 13.2 Å². The van der Waals surface area contributed by atoms with Gasteiger partial charge < -0.3 is 9.64 Å². The first kappa shape index (κ1) is 24.9. The molecule has 1 amide bonds. The summed E-state index contributed by atoms with van der Waals surface area (Å²) in [6, 6.07) is 26.6. The monoisotopic (exact) mass is 492 g/mol. The predicted molar refractivity (Wildman–Crippen MR) is 136 cm³/mol. The Morgan fingerprint density at radius 1 is 0.886 bits per heavy atom. The molecule has 0 saturated carbocycles. The second-order valence-corrected chi connectivity index (χ2v) is 10.8. The highest BCUT2D eigenvalue weighted by Gasteiger charge is 2.33. The van der Waals surface area contributed by atoms with Crippen molar-refractivity contribution in [1.82, 2.24) is 9.21 Å². The maximum atomic E-state index is 13.6. The van der Waals surface area contributed by atoms with E-state index >= 15 is 0 Å². The minimum Gasteiger partial charge on any atom is -0.497 e. The topological polar surface area (TPSA) is 66.9 Å². The first-order chi connectivity index (χ1) is 17.0. The molecule has 4 rings (SSSR count). The Morgan fingerprint density at radius 3 is 2.03 bits per heavy atom. The Balaban J connectivity index is 1.42. The molecule has 0 aliphatic carbocycles. The maximum absolute atomic E-state index is 13.6. The Bertz CT molecular complexity index is 1190. The number of methoxy groups -OCH3 is 1. The Labute approximate surface area is 208 Å². The van der Waals surface area contributed by atoms with Crippen molar-refractivity contribution in [2.45, 2.75) is 30.7 Å². The number of sulfonamides is 1. The molecule has 1 aliphatic heterocycles. The first-order valence-corrected chi connectivity index (χ1v) is 13.4. The predicted octanol–water partition coefficient (Wildman–Crippen LogP) is 4.37. The van der Waals surface area contributed by atoms with Gasteiger partial charge in [-0.05, 0) is 54.7 Å². The minimum absolute atomic E-state index is 0.103. The minimum atomic E-state index is -3.60. The van der Waals surface area contributed by atoms with Gasteiger partial charge >= 0.3 is 0 Å². The van der Waals surface area contributed by atoms with E-state index in [1.165, 1.54) is 9.87 Å². The summed E-state index contributed by atoms with van der Waals surface area (Å²) in [6.07, 6.45) is 1.82. The highest BCUT2D eigenvalue weighted by atomic mass is 32.2. The van der Waals surface area contributed by atoms with Gasteiger partial charge in [-0.1, -0.05) is 60.7 Å². The highest BCUT2D eigenvalue weighted by molar-refractivity contribution is 7.89. The van der Waals surface area contributed by atoms with Crippen LogP contribution < -0.4 is 4.74 Å². The van der Waals surface area contributed by atoms with E-state index in [0.717, 1.165) is 12.0 Å². The summed E-state index contributed by atoms with van der Waals surface area (Å²) in [4.78, 5) is 15.7. The first-order valence-electron chi connectivity index (χ1n) is 12.0. The summed E-state index contributed by atoms with van der Waals surface area (Å²) < 4.78 is 32.8. The summed E-state index contributed by atoms with van der Waals surface area (Å²) in [5.74, 6) is 0.533. The van der Waals surface area contributed by atoms with Crippen LogP contribution in [0.4, 0.5) is 0 Å². The normalized spacial score (nSPS) is 15.0. The molecule has 0 radical (unpaired) electrons. The lowest BCUT2D eigenvalue weighted by Gasteiger charge is -2.34. The second kappa shape index (κ2) is 11.5. The van der Waals surface area contributed by atoms with Crippen molar-refractivity contribution in [2.75, 3.05) is 26.7 Å². The number of ether oxygens (including phenoxy) is 1. The molecule has 1 aliphatic rings. The van der Waals surface area contributed by atoms with Gasteiger partial charge in [-0.3, -0.25) is 4.79 Å². The van der Waals surface area contributed by atoms with Gasteiger partial charge in [0.05, 0.1) is 12.0 Å². The third-order valence-corrected chi connectivity index (χ3v) is 8.45. The van der Waals surface area contributed by atoms with E-state index in [1.54, 1.807) is 31.4 Å². The number of hydrogen-bond acceptors (Lipinski definition) is 4. The molecule has 1 saturated heterocycles. The number of hydrogen-bond donors (Lipinski definition) is 0. The van der Waals surface area contributed by atoms with E-state index in [4.69, 9.17) is 4.74 Å². The molecule has 184 valence electrons. The number of carbonyl (C=O) groups is 1. The fourth-order valence-electron chi connectivity index (χ4n) is 4.48. The molecule has 0 N–H and O–H groups in total. The number of rotatable bonds is 9. The lowest BCUT2D eigenvalue weighted by molar-refractivity contribution is -0.137. The zero-order valence-electron chi connectivity index (χ0n) is 20.0. The van der Waals surface area contributed by atoms with Crippen molar-refractivity contribution in [3.8, 4) is 5.75 Å². The average molecular weight is 493 g/mol. The largest absolute Gasteiger partial charge is 0.497 e. The van der Waals surface area contributed by atoms with Crippen molar-refractivity contribution < 1.29 is 17.9 Å². The van der Waals surface area contributed by atoms with Gasteiger partial charge in [-0.15, -0.1) is 0 Å². The zero-order chi connectivity index (χ0) is 24.7. The lowest BCUT2D eigenvalue weighted by Crippen LogP contribution is -2.44. The van der Waals surface area contributed by atoms with Crippen LogP contribution in [0, 0.1) is 5.92 Å². The summed E-state index contributed by atoms with van der Waals surface area (Å²) in [5.41, 5.74) is 2.28. The molecule has 1 heterocycles. The van der Waals surface area contributed by atoms with Gasteiger partial charge in [-0.2, -0.15) is 4.31 Å². The molecule has 35 heavy (non-hydrogen) atoms.